The monoisotopic (exact) mass is 390 g/mol. The molecule has 3 rings (SSSR count). The quantitative estimate of drug-likeness (QED) is 0.678. The molecule has 1 atom stereocenters. The summed E-state index contributed by atoms with van der Waals surface area (Å²) in [6.07, 6.45) is 2.23. The minimum Gasteiger partial charge on any atom is -0.369 e. The van der Waals surface area contributed by atoms with Crippen molar-refractivity contribution in [3.63, 3.8) is 0 Å². The Morgan fingerprint density at radius 1 is 1.17 bits per heavy atom. The smallest absolute Gasteiger partial charge is 0.220 e. The van der Waals surface area contributed by atoms with Crippen LogP contribution in [0.15, 0.2) is 48.5 Å². The number of benzene rings is 2. The number of amides is 1. The van der Waals surface area contributed by atoms with E-state index in [4.69, 9.17) is 5.26 Å². The molecular weight excluding hydrogens is 360 g/mol. The maximum atomic E-state index is 11.7. The Kier molecular flexibility index (Phi) is 7.66. The van der Waals surface area contributed by atoms with Crippen LogP contribution in [0.5, 0.6) is 0 Å². The molecule has 5 heteroatoms. The molecule has 0 spiro atoms. The van der Waals surface area contributed by atoms with Gasteiger partial charge in [0.1, 0.15) is 6.54 Å². The number of anilines is 1. The van der Waals surface area contributed by atoms with Crippen LogP contribution in [0.2, 0.25) is 0 Å². The Bertz CT molecular complexity index is 852. The molecule has 29 heavy (non-hydrogen) atoms. The van der Waals surface area contributed by atoms with Crippen molar-refractivity contribution in [3.05, 3.63) is 54.1 Å². The second-order valence-corrected chi connectivity index (χ2v) is 7.77. The fourth-order valence-electron chi connectivity index (χ4n) is 3.79. The van der Waals surface area contributed by atoms with Gasteiger partial charge in [-0.1, -0.05) is 43.3 Å². The molecule has 1 saturated heterocycles. The summed E-state index contributed by atoms with van der Waals surface area (Å²) in [4.78, 5) is 14.1. The lowest BCUT2D eigenvalue weighted by molar-refractivity contribution is -0.121. The number of nitrogens with one attached hydrogen (secondary N) is 2. The average Bonchev–Trinajstić information content (AvgIpc) is 2.77. The van der Waals surface area contributed by atoms with E-state index in [0.29, 0.717) is 12.3 Å². The molecule has 1 fully saturated rings. The number of nitrogens with zero attached hydrogens (tertiary/aromatic N) is 2. The van der Waals surface area contributed by atoms with E-state index < -0.39 is 0 Å². The molecule has 1 amide bonds. The highest BCUT2D eigenvalue weighted by atomic mass is 16.1. The standard InChI is InChI=1S/C24H30N4O/c1-19(8-9-24(29)27-11-10-25)16-20-4-2-5-21(17-20)22-6-3-7-23(18-22)28-14-12-26-13-15-28/h2-7,17-19,26H,8-9,11-16H2,1H3,(H,27,29). The second-order valence-electron chi connectivity index (χ2n) is 7.77. The first-order valence-corrected chi connectivity index (χ1v) is 10.4. The normalized spacial score (nSPS) is 14.8. The van der Waals surface area contributed by atoms with Crippen molar-refractivity contribution in [1.29, 1.82) is 5.26 Å². The Hall–Kier alpha value is -2.84. The molecule has 0 aromatic heterocycles. The zero-order valence-corrected chi connectivity index (χ0v) is 17.2. The summed E-state index contributed by atoms with van der Waals surface area (Å²) in [7, 11) is 0. The molecule has 2 aromatic rings. The number of piperazine rings is 1. The molecule has 1 heterocycles. The van der Waals surface area contributed by atoms with Gasteiger partial charge in [0.2, 0.25) is 5.91 Å². The zero-order valence-electron chi connectivity index (χ0n) is 17.2. The summed E-state index contributed by atoms with van der Waals surface area (Å²) in [5, 5.41) is 14.5. The molecule has 152 valence electrons. The van der Waals surface area contributed by atoms with Gasteiger partial charge in [0.05, 0.1) is 6.07 Å². The van der Waals surface area contributed by atoms with E-state index in [-0.39, 0.29) is 12.5 Å². The Labute approximate surface area is 173 Å². The number of carbonyl (C=O) groups excluding carboxylic acids is 1. The van der Waals surface area contributed by atoms with Gasteiger partial charge in [-0.3, -0.25) is 4.79 Å². The predicted octanol–water partition coefficient (Wildman–Crippen LogP) is 3.36. The van der Waals surface area contributed by atoms with E-state index in [1.54, 1.807) is 0 Å². The van der Waals surface area contributed by atoms with Gasteiger partial charge in [-0.05, 0) is 47.6 Å². The number of hydrogen-bond donors (Lipinski definition) is 2. The van der Waals surface area contributed by atoms with Gasteiger partial charge in [0, 0.05) is 38.3 Å². The average molecular weight is 391 g/mol. The Balaban J connectivity index is 1.62. The van der Waals surface area contributed by atoms with Crippen molar-refractivity contribution in [2.75, 3.05) is 37.6 Å². The molecule has 0 saturated carbocycles. The van der Waals surface area contributed by atoms with Crippen LogP contribution in [0, 0.1) is 17.2 Å². The van der Waals surface area contributed by atoms with Gasteiger partial charge < -0.3 is 15.5 Å². The number of carbonyl (C=O) groups is 1. The summed E-state index contributed by atoms with van der Waals surface area (Å²) in [5.74, 6) is 0.363. The van der Waals surface area contributed by atoms with Gasteiger partial charge >= 0.3 is 0 Å². The lowest BCUT2D eigenvalue weighted by Crippen LogP contribution is -2.43. The molecular formula is C24H30N4O. The van der Waals surface area contributed by atoms with Crippen molar-refractivity contribution in [3.8, 4) is 17.2 Å². The van der Waals surface area contributed by atoms with Crippen LogP contribution >= 0.6 is 0 Å². The van der Waals surface area contributed by atoms with Crippen molar-refractivity contribution in [2.45, 2.75) is 26.2 Å². The first kappa shape index (κ1) is 20.9. The summed E-state index contributed by atoms with van der Waals surface area (Å²) in [5.41, 5.74) is 5.05. The first-order chi connectivity index (χ1) is 14.2. The fourth-order valence-corrected chi connectivity index (χ4v) is 3.79. The Morgan fingerprint density at radius 2 is 1.90 bits per heavy atom. The van der Waals surface area contributed by atoms with E-state index in [9.17, 15) is 4.79 Å². The lowest BCUT2D eigenvalue weighted by Gasteiger charge is -2.29. The molecule has 0 bridgehead atoms. The van der Waals surface area contributed by atoms with Gasteiger partial charge in [0.25, 0.3) is 0 Å². The largest absolute Gasteiger partial charge is 0.369 e. The van der Waals surface area contributed by atoms with Gasteiger partial charge in [-0.25, -0.2) is 0 Å². The van der Waals surface area contributed by atoms with Crippen molar-refractivity contribution >= 4 is 11.6 Å². The van der Waals surface area contributed by atoms with Gasteiger partial charge in [0.15, 0.2) is 0 Å². The fraction of sp³-hybridized carbons (Fsp3) is 0.417. The minimum absolute atomic E-state index is 0.0446. The van der Waals surface area contributed by atoms with Crippen LogP contribution in [0.25, 0.3) is 11.1 Å². The summed E-state index contributed by atoms with van der Waals surface area (Å²) in [6.45, 7) is 6.42. The highest BCUT2D eigenvalue weighted by Crippen LogP contribution is 2.26. The third kappa shape index (κ3) is 6.33. The first-order valence-electron chi connectivity index (χ1n) is 10.4. The van der Waals surface area contributed by atoms with Crippen molar-refractivity contribution < 1.29 is 4.79 Å². The molecule has 1 aliphatic heterocycles. The third-order valence-electron chi connectivity index (χ3n) is 5.40. The molecule has 2 aromatic carbocycles. The highest BCUT2D eigenvalue weighted by Gasteiger charge is 2.12. The number of nitriles is 1. The summed E-state index contributed by atoms with van der Waals surface area (Å²) in [6, 6.07) is 19.4. The van der Waals surface area contributed by atoms with E-state index in [1.165, 1.54) is 22.4 Å². The minimum atomic E-state index is -0.0446. The third-order valence-corrected chi connectivity index (χ3v) is 5.40. The molecule has 0 radical (unpaired) electrons. The van der Waals surface area contributed by atoms with Gasteiger partial charge in [-0.15, -0.1) is 0 Å². The van der Waals surface area contributed by atoms with Crippen LogP contribution in [-0.2, 0) is 11.2 Å². The predicted molar refractivity (Wildman–Crippen MR) is 118 cm³/mol. The van der Waals surface area contributed by atoms with Crippen LogP contribution in [0.3, 0.4) is 0 Å². The van der Waals surface area contributed by atoms with Crippen molar-refractivity contribution in [2.24, 2.45) is 5.92 Å². The second kappa shape index (κ2) is 10.6. The molecule has 5 nitrogen and oxygen atoms in total. The highest BCUT2D eigenvalue weighted by molar-refractivity contribution is 5.76. The number of hydrogen-bond acceptors (Lipinski definition) is 4. The maximum Gasteiger partial charge on any atom is 0.220 e. The SMILES string of the molecule is CC(CCC(=O)NCC#N)Cc1cccc(-c2cccc(N3CCNCC3)c2)c1. The molecule has 1 unspecified atom stereocenters. The van der Waals surface area contributed by atoms with E-state index in [2.05, 4.69) is 71.0 Å². The number of rotatable bonds is 8. The van der Waals surface area contributed by atoms with Gasteiger partial charge in [-0.2, -0.15) is 5.26 Å². The summed E-state index contributed by atoms with van der Waals surface area (Å²) < 4.78 is 0. The van der Waals surface area contributed by atoms with Crippen molar-refractivity contribution in [1.82, 2.24) is 10.6 Å². The molecule has 1 aliphatic rings. The molecule has 0 aliphatic carbocycles. The van der Waals surface area contributed by atoms with Crippen LogP contribution in [-0.4, -0.2) is 38.6 Å². The maximum absolute atomic E-state index is 11.7. The van der Waals surface area contributed by atoms with Crippen LogP contribution in [0.1, 0.15) is 25.3 Å². The molecule has 2 N–H and O–H groups in total. The van der Waals surface area contributed by atoms with E-state index >= 15 is 0 Å². The van der Waals surface area contributed by atoms with Crippen LogP contribution < -0.4 is 15.5 Å². The van der Waals surface area contributed by atoms with Crippen LogP contribution in [0.4, 0.5) is 5.69 Å². The van der Waals surface area contributed by atoms with E-state index in [1.807, 2.05) is 6.07 Å². The summed E-state index contributed by atoms with van der Waals surface area (Å²) >= 11 is 0. The lowest BCUT2D eigenvalue weighted by atomic mass is 9.94. The van der Waals surface area contributed by atoms with E-state index in [0.717, 1.165) is 39.0 Å². The Morgan fingerprint density at radius 3 is 2.66 bits per heavy atom. The topological polar surface area (TPSA) is 68.2 Å². The zero-order chi connectivity index (χ0) is 20.5.